The largest absolute Gasteiger partial charge is 0.353 e. The Kier molecular flexibility index (Phi) is 5.13. The van der Waals surface area contributed by atoms with Crippen molar-refractivity contribution in [3.05, 3.63) is 63.1 Å². The molecule has 0 spiro atoms. The summed E-state index contributed by atoms with van der Waals surface area (Å²) in [6.07, 6.45) is 1.77. The fraction of sp³-hybridized carbons (Fsp3) is 0.300. The molecule has 0 atom stereocenters. The van der Waals surface area contributed by atoms with Crippen molar-refractivity contribution < 1.29 is 4.79 Å². The minimum absolute atomic E-state index is 0.0406. The maximum absolute atomic E-state index is 12.7. The number of aryl methyl sites for hydroxylation is 1. The van der Waals surface area contributed by atoms with Gasteiger partial charge in [0.25, 0.3) is 5.56 Å². The number of benzene rings is 1. The van der Waals surface area contributed by atoms with E-state index in [0.29, 0.717) is 31.6 Å². The zero-order chi connectivity index (χ0) is 19.7. The number of halogens is 1. The van der Waals surface area contributed by atoms with Gasteiger partial charge in [0, 0.05) is 42.2 Å². The smallest absolute Gasteiger partial charge is 0.275 e. The molecule has 2 aromatic heterocycles. The normalized spacial score (nSPS) is 14.5. The Hall–Kier alpha value is -2.74. The first-order valence-electron chi connectivity index (χ1n) is 9.13. The Balaban J connectivity index is 1.45. The van der Waals surface area contributed by atoms with Gasteiger partial charge in [0.05, 0.1) is 11.1 Å². The molecule has 144 valence electrons. The minimum atomic E-state index is -0.229. The first kappa shape index (κ1) is 18.6. The van der Waals surface area contributed by atoms with Gasteiger partial charge in [0.1, 0.15) is 12.4 Å². The number of amides is 1. The van der Waals surface area contributed by atoms with E-state index in [9.17, 15) is 9.59 Å². The standard InChI is InChI=1S/C20H20BrN5O2/c1-14-16-4-2-3-5-17(16)20(28)26(23-14)13-19(27)25-10-8-24(9-11-25)18-7-6-15(21)12-22-18/h2-7,12H,8-11,13H2,1H3. The zero-order valence-electron chi connectivity index (χ0n) is 15.5. The molecule has 3 aromatic rings. The van der Waals surface area contributed by atoms with E-state index < -0.39 is 0 Å². The topological polar surface area (TPSA) is 71.3 Å². The number of carbonyl (C=O) groups is 1. The lowest BCUT2D eigenvalue weighted by atomic mass is 10.1. The molecule has 1 saturated heterocycles. The number of pyridine rings is 1. The first-order chi connectivity index (χ1) is 13.5. The van der Waals surface area contributed by atoms with Crippen LogP contribution >= 0.6 is 15.9 Å². The molecule has 0 aliphatic carbocycles. The highest BCUT2D eigenvalue weighted by Crippen LogP contribution is 2.17. The Bertz CT molecular complexity index is 1070. The third-order valence-corrected chi connectivity index (χ3v) is 5.47. The molecular weight excluding hydrogens is 422 g/mol. The highest BCUT2D eigenvalue weighted by molar-refractivity contribution is 9.10. The summed E-state index contributed by atoms with van der Waals surface area (Å²) in [5, 5.41) is 5.76. The van der Waals surface area contributed by atoms with E-state index in [2.05, 4.69) is 30.9 Å². The number of fused-ring (bicyclic) bond motifs is 1. The molecule has 3 heterocycles. The number of anilines is 1. The second-order valence-corrected chi connectivity index (χ2v) is 7.71. The molecule has 0 radical (unpaired) electrons. The molecule has 1 amide bonds. The molecule has 1 aromatic carbocycles. The van der Waals surface area contributed by atoms with Gasteiger partial charge in [0.15, 0.2) is 0 Å². The van der Waals surface area contributed by atoms with Crippen LogP contribution in [0.5, 0.6) is 0 Å². The van der Waals surface area contributed by atoms with Crippen molar-refractivity contribution in [2.24, 2.45) is 0 Å². The van der Waals surface area contributed by atoms with Gasteiger partial charge in [-0.05, 0) is 41.1 Å². The van der Waals surface area contributed by atoms with Crippen molar-refractivity contribution >= 4 is 38.4 Å². The summed E-state index contributed by atoms with van der Waals surface area (Å²) in [7, 11) is 0. The van der Waals surface area contributed by atoms with Crippen LogP contribution in [0.25, 0.3) is 10.8 Å². The Labute approximate surface area is 170 Å². The second kappa shape index (κ2) is 7.71. The number of nitrogens with zero attached hydrogens (tertiary/aromatic N) is 5. The fourth-order valence-electron chi connectivity index (χ4n) is 3.48. The van der Waals surface area contributed by atoms with E-state index >= 15 is 0 Å². The molecule has 0 saturated carbocycles. The number of aromatic nitrogens is 3. The number of rotatable bonds is 3. The van der Waals surface area contributed by atoms with Crippen LogP contribution in [-0.2, 0) is 11.3 Å². The molecular formula is C20H20BrN5O2. The predicted molar refractivity (Wildman–Crippen MR) is 111 cm³/mol. The molecule has 0 bridgehead atoms. The molecule has 0 N–H and O–H groups in total. The van der Waals surface area contributed by atoms with E-state index in [0.717, 1.165) is 21.4 Å². The summed E-state index contributed by atoms with van der Waals surface area (Å²) in [5.41, 5.74) is 0.515. The SMILES string of the molecule is Cc1nn(CC(=O)N2CCN(c3ccc(Br)cn3)CC2)c(=O)c2ccccc12. The molecule has 8 heteroatoms. The summed E-state index contributed by atoms with van der Waals surface area (Å²) in [5.74, 6) is 0.811. The van der Waals surface area contributed by atoms with Gasteiger partial charge >= 0.3 is 0 Å². The maximum Gasteiger partial charge on any atom is 0.275 e. The van der Waals surface area contributed by atoms with Crippen LogP contribution in [0.1, 0.15) is 5.69 Å². The third-order valence-electron chi connectivity index (χ3n) is 5.01. The van der Waals surface area contributed by atoms with Crippen molar-refractivity contribution in [3.8, 4) is 0 Å². The van der Waals surface area contributed by atoms with Crippen LogP contribution in [0.2, 0.25) is 0 Å². The number of carbonyl (C=O) groups excluding carboxylic acids is 1. The number of hydrogen-bond acceptors (Lipinski definition) is 5. The predicted octanol–water partition coefficient (Wildman–Crippen LogP) is 2.21. The van der Waals surface area contributed by atoms with E-state index in [1.165, 1.54) is 4.68 Å². The van der Waals surface area contributed by atoms with E-state index in [1.54, 1.807) is 17.2 Å². The quantitative estimate of drug-likeness (QED) is 0.622. The average Bonchev–Trinajstić information content (AvgIpc) is 2.72. The summed E-state index contributed by atoms with van der Waals surface area (Å²) in [4.78, 5) is 33.8. The Morgan fingerprint density at radius 1 is 1.07 bits per heavy atom. The lowest BCUT2D eigenvalue weighted by Gasteiger charge is -2.35. The lowest BCUT2D eigenvalue weighted by Crippen LogP contribution is -2.50. The van der Waals surface area contributed by atoms with Crippen LogP contribution < -0.4 is 10.5 Å². The summed E-state index contributed by atoms with van der Waals surface area (Å²) >= 11 is 3.39. The Morgan fingerprint density at radius 2 is 1.79 bits per heavy atom. The van der Waals surface area contributed by atoms with Gasteiger partial charge in [-0.1, -0.05) is 18.2 Å². The molecule has 1 aliphatic heterocycles. The first-order valence-corrected chi connectivity index (χ1v) is 9.93. The molecule has 0 unspecified atom stereocenters. The summed E-state index contributed by atoms with van der Waals surface area (Å²) in [6, 6.07) is 11.3. The average molecular weight is 442 g/mol. The summed E-state index contributed by atoms with van der Waals surface area (Å²) < 4.78 is 2.22. The van der Waals surface area contributed by atoms with Crippen LogP contribution in [0.15, 0.2) is 51.9 Å². The third kappa shape index (κ3) is 3.64. The monoisotopic (exact) mass is 441 g/mol. The van der Waals surface area contributed by atoms with Crippen molar-refractivity contribution in [1.29, 1.82) is 0 Å². The van der Waals surface area contributed by atoms with E-state index in [-0.39, 0.29) is 18.0 Å². The van der Waals surface area contributed by atoms with E-state index in [1.807, 2.05) is 37.3 Å². The zero-order valence-corrected chi connectivity index (χ0v) is 17.1. The van der Waals surface area contributed by atoms with Gasteiger partial charge in [-0.2, -0.15) is 5.10 Å². The summed E-state index contributed by atoms with van der Waals surface area (Å²) in [6.45, 7) is 4.42. The number of hydrogen-bond donors (Lipinski definition) is 0. The van der Waals surface area contributed by atoms with Crippen molar-refractivity contribution in [3.63, 3.8) is 0 Å². The minimum Gasteiger partial charge on any atom is -0.353 e. The van der Waals surface area contributed by atoms with Crippen molar-refractivity contribution in [2.75, 3.05) is 31.1 Å². The van der Waals surface area contributed by atoms with Gasteiger partial charge in [-0.25, -0.2) is 9.67 Å². The van der Waals surface area contributed by atoms with Gasteiger partial charge in [-0.15, -0.1) is 0 Å². The molecule has 1 aliphatic rings. The van der Waals surface area contributed by atoms with Crippen LogP contribution in [-0.4, -0.2) is 51.8 Å². The van der Waals surface area contributed by atoms with Gasteiger partial charge in [0.2, 0.25) is 5.91 Å². The van der Waals surface area contributed by atoms with Crippen LogP contribution in [0.4, 0.5) is 5.82 Å². The van der Waals surface area contributed by atoms with Gasteiger partial charge < -0.3 is 9.80 Å². The molecule has 4 rings (SSSR count). The fourth-order valence-corrected chi connectivity index (χ4v) is 3.71. The molecule has 1 fully saturated rings. The van der Waals surface area contributed by atoms with E-state index in [4.69, 9.17) is 0 Å². The highest BCUT2D eigenvalue weighted by Gasteiger charge is 2.23. The van der Waals surface area contributed by atoms with Gasteiger partial charge in [-0.3, -0.25) is 9.59 Å². The highest BCUT2D eigenvalue weighted by atomic mass is 79.9. The molecule has 28 heavy (non-hydrogen) atoms. The van der Waals surface area contributed by atoms with Crippen molar-refractivity contribution in [1.82, 2.24) is 19.7 Å². The molecule has 7 nitrogen and oxygen atoms in total. The Morgan fingerprint density at radius 3 is 2.46 bits per heavy atom. The number of piperazine rings is 1. The second-order valence-electron chi connectivity index (χ2n) is 6.80. The van der Waals surface area contributed by atoms with Crippen molar-refractivity contribution in [2.45, 2.75) is 13.5 Å². The maximum atomic E-state index is 12.7. The van der Waals surface area contributed by atoms with Crippen LogP contribution in [0.3, 0.4) is 0 Å². The van der Waals surface area contributed by atoms with Crippen LogP contribution in [0, 0.1) is 6.92 Å². The lowest BCUT2D eigenvalue weighted by molar-refractivity contribution is -0.132.